The van der Waals surface area contributed by atoms with Gasteiger partial charge < -0.3 is 29.2 Å². The summed E-state index contributed by atoms with van der Waals surface area (Å²) in [5.74, 6) is 0. The van der Waals surface area contributed by atoms with Crippen molar-refractivity contribution in [3.05, 3.63) is 0 Å². The summed E-state index contributed by atoms with van der Waals surface area (Å²) in [6.45, 7) is -0.266. The lowest BCUT2D eigenvalue weighted by Crippen LogP contribution is -2.48. The van der Waals surface area contributed by atoms with Crippen LogP contribution in [0.25, 0.3) is 0 Å². The average molecular weight is 225 g/mol. The normalized spacial score (nSPS) is 21.9. The van der Waals surface area contributed by atoms with Gasteiger partial charge in [0.15, 0.2) is 6.29 Å². The predicted molar refractivity (Wildman–Crippen MR) is 51.5 cm³/mol. The maximum atomic E-state index is 10.5. The highest BCUT2D eigenvalue weighted by Gasteiger charge is 2.33. The molecule has 0 aliphatic heterocycles. The number of aliphatic hydroxyl groups excluding tert-OH is 2. The Kier molecular flexibility index (Phi) is 4.98. The zero-order valence-corrected chi connectivity index (χ0v) is 8.24. The molecule has 6 nitrogen and oxygen atoms in total. The van der Waals surface area contributed by atoms with Crippen molar-refractivity contribution in [3.63, 3.8) is 0 Å². The Balaban J connectivity index is 4.71. The van der Waals surface area contributed by atoms with E-state index in [9.17, 15) is 15.0 Å². The minimum Gasteiger partial charge on any atom is -0.388 e. The smallest absolute Gasteiger partial charge is 0.151 e. The number of hydrogen-bond acceptors (Lipinski definition) is 6. The van der Waals surface area contributed by atoms with E-state index >= 15 is 0 Å². The Hall–Kier alpha value is -0.530. The molecule has 0 aromatic carbocycles. The zero-order chi connectivity index (χ0) is 14.0. The largest absolute Gasteiger partial charge is 0.388 e. The van der Waals surface area contributed by atoms with Crippen LogP contribution in [0.1, 0.15) is 4.11 Å². The van der Waals surface area contributed by atoms with E-state index in [1.165, 1.54) is 0 Å². The van der Waals surface area contributed by atoms with Crippen molar-refractivity contribution in [1.82, 2.24) is 0 Å². The lowest BCUT2D eigenvalue weighted by atomic mass is 10.0. The summed E-state index contributed by atoms with van der Waals surface area (Å²) in [6, 6.07) is 0. The van der Waals surface area contributed by atoms with E-state index in [4.69, 9.17) is 13.6 Å². The first-order chi connectivity index (χ1) is 8.62. The summed E-state index contributed by atoms with van der Waals surface area (Å²) >= 11 is 0. The van der Waals surface area contributed by atoms with Gasteiger partial charge in [-0.05, 0) is 0 Å². The molecular formula is C9H18O6. The fourth-order valence-electron chi connectivity index (χ4n) is 1.11. The number of carbonyl (C=O) groups is 1. The van der Waals surface area contributed by atoms with Gasteiger partial charge >= 0.3 is 0 Å². The lowest BCUT2D eigenvalue weighted by Gasteiger charge is -2.29. The first kappa shape index (κ1) is 9.68. The number of ether oxygens (including phenoxy) is 3. The minimum atomic E-state index is -1.59. The maximum absolute atomic E-state index is 10.5. The number of aliphatic hydroxyl groups is 2. The van der Waals surface area contributed by atoms with Crippen LogP contribution in [0.4, 0.5) is 0 Å². The molecule has 0 rings (SSSR count). The standard InChI is InChI=1S/C9H18O6/c1-13-5-7(12)9(15-3)8(14-2)6(11)4-10/h4,6-9,11-12H,5H2,1-3H3/t6-,7+,8+,9-/m0/s1/i1D,2D,3D. The molecule has 2 N–H and O–H groups in total. The average Bonchev–Trinajstić information content (AvgIpc) is 2.39. The van der Waals surface area contributed by atoms with Crippen LogP contribution in [-0.4, -0.2) is 68.8 Å². The van der Waals surface area contributed by atoms with E-state index in [-0.39, 0.29) is 20.0 Å². The molecule has 0 aliphatic carbocycles. The van der Waals surface area contributed by atoms with Gasteiger partial charge in [-0.25, -0.2) is 0 Å². The van der Waals surface area contributed by atoms with Crippen molar-refractivity contribution >= 4 is 6.29 Å². The molecule has 90 valence electrons. The molecule has 0 saturated heterocycles. The van der Waals surface area contributed by atoms with E-state index < -0.39 is 38.6 Å². The monoisotopic (exact) mass is 225 g/mol. The molecule has 0 unspecified atom stereocenters. The van der Waals surface area contributed by atoms with Gasteiger partial charge in [0.2, 0.25) is 0 Å². The zero-order valence-electron chi connectivity index (χ0n) is 11.2. The fourth-order valence-corrected chi connectivity index (χ4v) is 1.11. The number of rotatable bonds is 8. The van der Waals surface area contributed by atoms with Crippen LogP contribution in [0.3, 0.4) is 0 Å². The molecule has 15 heavy (non-hydrogen) atoms. The molecule has 0 amide bonds. The number of aldehydes is 1. The van der Waals surface area contributed by atoms with Gasteiger partial charge in [0.05, 0.1) is 10.7 Å². The van der Waals surface area contributed by atoms with Crippen molar-refractivity contribution in [3.8, 4) is 0 Å². The summed E-state index contributed by atoms with van der Waals surface area (Å²) < 4.78 is 35.0. The first-order valence-corrected chi connectivity index (χ1v) is 4.12. The molecule has 0 radical (unpaired) electrons. The Morgan fingerprint density at radius 2 is 1.93 bits per heavy atom. The van der Waals surface area contributed by atoms with Crippen LogP contribution in [-0.2, 0) is 19.0 Å². The Morgan fingerprint density at radius 3 is 2.47 bits per heavy atom. The highest BCUT2D eigenvalue weighted by atomic mass is 16.6. The topological polar surface area (TPSA) is 85.2 Å². The molecule has 0 aromatic rings. The third-order valence-electron chi connectivity index (χ3n) is 1.85. The lowest BCUT2D eigenvalue weighted by molar-refractivity contribution is -0.151. The van der Waals surface area contributed by atoms with Gasteiger partial charge in [-0.3, -0.25) is 0 Å². The van der Waals surface area contributed by atoms with Gasteiger partial charge in [-0.2, -0.15) is 0 Å². The van der Waals surface area contributed by atoms with Crippen molar-refractivity contribution in [2.45, 2.75) is 24.4 Å². The fraction of sp³-hybridized carbons (Fsp3) is 0.889. The van der Waals surface area contributed by atoms with E-state index in [1.807, 2.05) is 0 Å². The Bertz CT molecular complexity index is 220. The van der Waals surface area contributed by atoms with Crippen LogP contribution in [0.15, 0.2) is 0 Å². The molecular weight excluding hydrogens is 204 g/mol. The summed E-state index contributed by atoms with van der Waals surface area (Å²) in [7, 11) is -1.43. The molecule has 0 aliphatic rings. The van der Waals surface area contributed by atoms with Crippen molar-refractivity contribution in [2.75, 3.05) is 27.9 Å². The molecule has 0 fully saturated rings. The molecule has 0 saturated carbocycles. The van der Waals surface area contributed by atoms with E-state index in [0.717, 1.165) is 0 Å². The summed E-state index contributed by atoms with van der Waals surface area (Å²) in [4.78, 5) is 10.5. The van der Waals surface area contributed by atoms with Gasteiger partial charge in [-0.1, -0.05) is 0 Å². The summed E-state index contributed by atoms with van der Waals surface area (Å²) in [6.07, 6.45) is -5.14. The molecule has 0 bridgehead atoms. The third kappa shape index (κ3) is 4.23. The molecule has 0 aromatic heterocycles. The maximum Gasteiger partial charge on any atom is 0.151 e. The van der Waals surface area contributed by atoms with Crippen LogP contribution < -0.4 is 0 Å². The van der Waals surface area contributed by atoms with Gasteiger partial charge in [0, 0.05) is 21.3 Å². The van der Waals surface area contributed by atoms with Gasteiger partial charge in [0.25, 0.3) is 0 Å². The van der Waals surface area contributed by atoms with Crippen LogP contribution >= 0.6 is 0 Å². The second kappa shape index (κ2) is 7.72. The predicted octanol–water partition coefficient (Wildman–Crippen LogP) is -1.42. The highest BCUT2D eigenvalue weighted by Crippen LogP contribution is 2.11. The van der Waals surface area contributed by atoms with E-state index in [0.29, 0.717) is 0 Å². The molecule has 0 spiro atoms. The molecule has 4 atom stereocenters. The number of methoxy groups -OCH3 is 3. The van der Waals surface area contributed by atoms with Crippen LogP contribution in [0.5, 0.6) is 0 Å². The molecule has 6 heteroatoms. The minimum absolute atomic E-state index is 0.193. The quantitative estimate of drug-likeness (QED) is 0.493. The number of carbonyl (C=O) groups excluding carboxylic acids is 1. The Morgan fingerprint density at radius 1 is 1.27 bits per heavy atom. The molecule has 0 heterocycles. The van der Waals surface area contributed by atoms with Crippen LogP contribution in [0, 0.1) is 0 Å². The second-order valence-electron chi connectivity index (χ2n) is 2.83. The summed E-state index contributed by atoms with van der Waals surface area (Å²) in [5, 5.41) is 19.1. The number of hydrogen-bond donors (Lipinski definition) is 2. The first-order valence-electron chi connectivity index (χ1n) is 6.24. The highest BCUT2D eigenvalue weighted by molar-refractivity contribution is 5.56. The van der Waals surface area contributed by atoms with Crippen molar-refractivity contribution in [2.24, 2.45) is 0 Å². The van der Waals surface area contributed by atoms with Crippen LogP contribution in [0.2, 0.25) is 0 Å². The SMILES string of the molecule is [2H]COC[C@@H](O)[C@H](OC[2H])[C@H](OC[2H])[C@@H](O)C=O. The third-order valence-corrected chi connectivity index (χ3v) is 1.85. The second-order valence-corrected chi connectivity index (χ2v) is 2.83. The van der Waals surface area contributed by atoms with E-state index in [2.05, 4.69) is 4.74 Å². The van der Waals surface area contributed by atoms with Gasteiger partial charge in [-0.15, -0.1) is 0 Å². The van der Waals surface area contributed by atoms with Crippen molar-refractivity contribution < 1.29 is 33.3 Å². The summed E-state index contributed by atoms with van der Waals surface area (Å²) in [5.41, 5.74) is 0. The van der Waals surface area contributed by atoms with Crippen molar-refractivity contribution in [1.29, 1.82) is 0 Å². The van der Waals surface area contributed by atoms with Gasteiger partial charge in [0.1, 0.15) is 24.4 Å². The van der Waals surface area contributed by atoms with E-state index in [1.54, 1.807) is 0 Å². The Labute approximate surface area is 93.0 Å².